The van der Waals surface area contributed by atoms with E-state index in [2.05, 4.69) is 27.9 Å². The maximum Gasteiger partial charge on any atom is 0.272 e. The molecule has 2 fully saturated rings. The summed E-state index contributed by atoms with van der Waals surface area (Å²) in [5, 5.41) is 4.44. The Kier molecular flexibility index (Phi) is 3.37. The zero-order valence-electron chi connectivity index (χ0n) is 13.4. The highest BCUT2D eigenvalue weighted by molar-refractivity contribution is 6.02. The molecule has 3 aliphatic rings. The predicted molar refractivity (Wildman–Crippen MR) is 87.6 cm³/mol. The molecule has 1 amide bonds. The van der Waals surface area contributed by atoms with Crippen molar-refractivity contribution >= 4 is 11.6 Å². The number of hydrogen-bond donors (Lipinski definition) is 0. The smallest absolute Gasteiger partial charge is 0.272 e. The Balaban J connectivity index is 1.78. The van der Waals surface area contributed by atoms with E-state index in [1.54, 1.807) is 0 Å². The standard InChI is InChI=1S/C18H25N3O/c1-18-11-8-14-20(18)16-10-5-4-9-15(16)17(22)21(18)19-12-6-2-3-7-13-19/h4-5,9-10H,2-3,6-8,11-14H2,1H3. The Hall–Kier alpha value is -1.55. The average molecular weight is 299 g/mol. The van der Waals surface area contributed by atoms with E-state index in [0.717, 1.165) is 43.7 Å². The van der Waals surface area contributed by atoms with Gasteiger partial charge in [-0.3, -0.25) is 4.79 Å². The SMILES string of the molecule is CC12CCCN1c1ccccc1C(=O)N2N1CCCCCC1. The monoisotopic (exact) mass is 299 g/mol. The van der Waals surface area contributed by atoms with Crippen LogP contribution in [-0.2, 0) is 0 Å². The second-order valence-electron chi connectivity index (χ2n) is 6.97. The molecule has 0 aliphatic carbocycles. The van der Waals surface area contributed by atoms with E-state index in [9.17, 15) is 4.79 Å². The van der Waals surface area contributed by atoms with Crippen molar-refractivity contribution in [3.63, 3.8) is 0 Å². The van der Waals surface area contributed by atoms with Gasteiger partial charge in [0, 0.05) is 19.6 Å². The molecule has 3 aliphatic heterocycles. The third kappa shape index (κ3) is 1.97. The largest absolute Gasteiger partial charge is 0.347 e. The van der Waals surface area contributed by atoms with E-state index in [1.807, 2.05) is 18.2 Å². The van der Waals surface area contributed by atoms with Crippen LogP contribution in [0, 0.1) is 0 Å². The first kappa shape index (κ1) is 14.1. The van der Waals surface area contributed by atoms with E-state index in [-0.39, 0.29) is 11.6 Å². The van der Waals surface area contributed by atoms with E-state index in [1.165, 1.54) is 25.7 Å². The summed E-state index contributed by atoms with van der Waals surface area (Å²) >= 11 is 0. The highest BCUT2D eigenvalue weighted by Crippen LogP contribution is 2.44. The summed E-state index contributed by atoms with van der Waals surface area (Å²) in [4.78, 5) is 15.7. The van der Waals surface area contributed by atoms with Crippen molar-refractivity contribution < 1.29 is 4.79 Å². The number of hydrogen-bond acceptors (Lipinski definition) is 3. The van der Waals surface area contributed by atoms with Crippen molar-refractivity contribution in [2.24, 2.45) is 0 Å². The number of anilines is 1. The van der Waals surface area contributed by atoms with Crippen LogP contribution in [0.2, 0.25) is 0 Å². The first-order valence-corrected chi connectivity index (χ1v) is 8.68. The Morgan fingerprint density at radius 2 is 1.68 bits per heavy atom. The maximum absolute atomic E-state index is 13.2. The molecule has 1 unspecified atom stereocenters. The van der Waals surface area contributed by atoms with Crippen LogP contribution >= 0.6 is 0 Å². The zero-order valence-corrected chi connectivity index (χ0v) is 13.4. The quantitative estimate of drug-likeness (QED) is 0.796. The van der Waals surface area contributed by atoms with Gasteiger partial charge in [-0.2, -0.15) is 0 Å². The van der Waals surface area contributed by atoms with Gasteiger partial charge in [-0.25, -0.2) is 10.0 Å². The number of rotatable bonds is 1. The van der Waals surface area contributed by atoms with Crippen molar-refractivity contribution in [2.75, 3.05) is 24.5 Å². The van der Waals surface area contributed by atoms with Crippen molar-refractivity contribution in [1.29, 1.82) is 0 Å². The van der Waals surface area contributed by atoms with Crippen LogP contribution in [0.3, 0.4) is 0 Å². The Morgan fingerprint density at radius 3 is 2.45 bits per heavy atom. The Morgan fingerprint density at radius 1 is 0.955 bits per heavy atom. The van der Waals surface area contributed by atoms with Gasteiger partial charge in [-0.05, 0) is 44.7 Å². The molecule has 0 N–H and O–H groups in total. The van der Waals surface area contributed by atoms with E-state index < -0.39 is 0 Å². The van der Waals surface area contributed by atoms with Gasteiger partial charge >= 0.3 is 0 Å². The normalized spacial score (nSPS) is 29.2. The van der Waals surface area contributed by atoms with Gasteiger partial charge < -0.3 is 4.90 Å². The number of para-hydroxylation sites is 1. The van der Waals surface area contributed by atoms with Gasteiger partial charge in [0.05, 0.1) is 11.3 Å². The molecule has 118 valence electrons. The van der Waals surface area contributed by atoms with Crippen LogP contribution in [0.5, 0.6) is 0 Å². The topological polar surface area (TPSA) is 26.8 Å². The molecule has 4 nitrogen and oxygen atoms in total. The molecule has 3 heterocycles. The first-order valence-electron chi connectivity index (χ1n) is 8.68. The zero-order chi connectivity index (χ0) is 15.2. The van der Waals surface area contributed by atoms with Crippen LogP contribution in [0.15, 0.2) is 24.3 Å². The fourth-order valence-corrected chi connectivity index (χ4v) is 4.46. The number of fused-ring (bicyclic) bond motifs is 3. The molecule has 0 saturated carbocycles. The maximum atomic E-state index is 13.2. The molecular formula is C18H25N3O. The highest BCUT2D eigenvalue weighted by Gasteiger charge is 2.51. The fourth-order valence-electron chi connectivity index (χ4n) is 4.46. The Bertz CT molecular complexity index is 579. The van der Waals surface area contributed by atoms with Crippen molar-refractivity contribution in [3.05, 3.63) is 29.8 Å². The van der Waals surface area contributed by atoms with Crippen molar-refractivity contribution in [3.8, 4) is 0 Å². The van der Waals surface area contributed by atoms with E-state index in [0.29, 0.717) is 0 Å². The van der Waals surface area contributed by atoms with Gasteiger partial charge in [0.2, 0.25) is 0 Å². The summed E-state index contributed by atoms with van der Waals surface area (Å²) in [7, 11) is 0. The molecule has 0 aromatic heterocycles. The van der Waals surface area contributed by atoms with Crippen LogP contribution in [0.4, 0.5) is 5.69 Å². The van der Waals surface area contributed by atoms with Crippen LogP contribution < -0.4 is 4.90 Å². The van der Waals surface area contributed by atoms with Crippen molar-refractivity contribution in [2.45, 2.75) is 51.1 Å². The molecule has 2 saturated heterocycles. The minimum Gasteiger partial charge on any atom is -0.347 e. The van der Waals surface area contributed by atoms with Gasteiger partial charge in [-0.1, -0.05) is 25.0 Å². The lowest BCUT2D eigenvalue weighted by Gasteiger charge is -2.53. The minimum atomic E-state index is -0.185. The van der Waals surface area contributed by atoms with Crippen LogP contribution in [0.25, 0.3) is 0 Å². The number of benzene rings is 1. The molecule has 0 spiro atoms. The lowest BCUT2D eigenvalue weighted by Crippen LogP contribution is -2.66. The predicted octanol–water partition coefficient (Wildman–Crippen LogP) is 3.25. The van der Waals surface area contributed by atoms with Crippen molar-refractivity contribution in [1.82, 2.24) is 10.0 Å². The third-order valence-electron chi connectivity index (χ3n) is 5.55. The molecule has 4 heteroatoms. The summed E-state index contributed by atoms with van der Waals surface area (Å²) in [5.41, 5.74) is 1.81. The summed E-state index contributed by atoms with van der Waals surface area (Å²) < 4.78 is 0. The molecule has 1 aromatic carbocycles. The fraction of sp³-hybridized carbons (Fsp3) is 0.611. The lowest BCUT2D eigenvalue weighted by atomic mass is 10.00. The molecule has 1 aromatic rings. The number of nitrogens with zero attached hydrogens (tertiary/aromatic N) is 3. The number of hydrazine groups is 1. The van der Waals surface area contributed by atoms with Gasteiger partial charge in [0.1, 0.15) is 5.66 Å². The molecule has 1 atom stereocenters. The lowest BCUT2D eigenvalue weighted by molar-refractivity contribution is -0.0710. The van der Waals surface area contributed by atoms with Crippen LogP contribution in [0.1, 0.15) is 55.8 Å². The Labute approximate surface area is 132 Å². The second kappa shape index (κ2) is 5.27. The van der Waals surface area contributed by atoms with Gasteiger partial charge in [0.25, 0.3) is 5.91 Å². The molecule has 0 radical (unpaired) electrons. The third-order valence-corrected chi connectivity index (χ3v) is 5.55. The number of carbonyl (C=O) groups is 1. The minimum absolute atomic E-state index is 0.185. The summed E-state index contributed by atoms with van der Waals surface area (Å²) in [6, 6.07) is 8.12. The van der Waals surface area contributed by atoms with Crippen LogP contribution in [-0.4, -0.2) is 41.2 Å². The second-order valence-corrected chi connectivity index (χ2v) is 6.97. The van der Waals surface area contributed by atoms with Gasteiger partial charge in [0.15, 0.2) is 0 Å². The molecular weight excluding hydrogens is 274 g/mol. The van der Waals surface area contributed by atoms with E-state index >= 15 is 0 Å². The number of amides is 1. The van der Waals surface area contributed by atoms with Gasteiger partial charge in [-0.15, -0.1) is 0 Å². The highest BCUT2D eigenvalue weighted by atomic mass is 16.2. The molecule has 4 rings (SSSR count). The first-order chi connectivity index (χ1) is 10.7. The summed E-state index contributed by atoms with van der Waals surface area (Å²) in [6.07, 6.45) is 7.18. The van der Waals surface area contributed by atoms with E-state index in [4.69, 9.17) is 0 Å². The average Bonchev–Trinajstić information content (AvgIpc) is 2.74. The molecule has 22 heavy (non-hydrogen) atoms. The summed E-state index contributed by atoms with van der Waals surface area (Å²) in [6.45, 7) is 5.32. The number of carbonyl (C=O) groups excluding carboxylic acids is 1. The summed E-state index contributed by atoms with van der Waals surface area (Å²) in [5.74, 6) is 0.193. The molecule has 0 bridgehead atoms.